The average molecular weight is 299 g/mol. The van der Waals surface area contributed by atoms with Crippen LogP contribution in [-0.2, 0) is 13.5 Å². The van der Waals surface area contributed by atoms with Gasteiger partial charge in [-0.15, -0.1) is 11.3 Å². The maximum absolute atomic E-state index is 4.71. The van der Waals surface area contributed by atoms with Gasteiger partial charge in [0.05, 0.1) is 17.6 Å². The van der Waals surface area contributed by atoms with Crippen molar-refractivity contribution in [1.82, 2.24) is 19.7 Å². The Morgan fingerprint density at radius 2 is 2.19 bits per heavy atom. The minimum absolute atomic E-state index is 0.345. The second-order valence-electron chi connectivity index (χ2n) is 5.52. The van der Waals surface area contributed by atoms with Crippen molar-refractivity contribution < 1.29 is 0 Å². The number of hydrogen-bond donors (Lipinski definition) is 0. The molecule has 6 heteroatoms. The van der Waals surface area contributed by atoms with Crippen LogP contribution in [0, 0.1) is 6.92 Å². The van der Waals surface area contributed by atoms with Crippen molar-refractivity contribution in [3.63, 3.8) is 0 Å². The Morgan fingerprint density at radius 1 is 1.33 bits per heavy atom. The molecule has 0 aliphatic carbocycles. The third-order valence-corrected chi connectivity index (χ3v) is 5.23. The highest BCUT2D eigenvalue weighted by molar-refractivity contribution is 7.10. The molecule has 1 unspecified atom stereocenters. The Morgan fingerprint density at radius 3 is 3.05 bits per heavy atom. The van der Waals surface area contributed by atoms with Crippen LogP contribution in [0.2, 0.25) is 0 Å². The van der Waals surface area contributed by atoms with Gasteiger partial charge >= 0.3 is 0 Å². The van der Waals surface area contributed by atoms with E-state index in [1.165, 1.54) is 10.4 Å². The molecule has 3 aromatic rings. The predicted octanol–water partition coefficient (Wildman–Crippen LogP) is 2.86. The van der Waals surface area contributed by atoms with Gasteiger partial charge in [0.2, 0.25) is 0 Å². The molecule has 4 rings (SSSR count). The molecular weight excluding hydrogens is 282 g/mol. The van der Waals surface area contributed by atoms with Gasteiger partial charge in [0.1, 0.15) is 11.6 Å². The zero-order valence-electron chi connectivity index (χ0n) is 12.4. The lowest BCUT2D eigenvalue weighted by Crippen LogP contribution is -2.34. The summed E-state index contributed by atoms with van der Waals surface area (Å²) in [6.45, 7) is 5.19. The van der Waals surface area contributed by atoms with Gasteiger partial charge in [-0.1, -0.05) is 0 Å². The van der Waals surface area contributed by atoms with E-state index in [-0.39, 0.29) is 0 Å². The second kappa shape index (κ2) is 4.53. The lowest BCUT2D eigenvalue weighted by Gasteiger charge is -2.35. The van der Waals surface area contributed by atoms with E-state index in [1.807, 2.05) is 36.2 Å². The molecule has 21 heavy (non-hydrogen) atoms. The largest absolute Gasteiger partial charge is 0.349 e. The third-order valence-electron chi connectivity index (χ3n) is 4.23. The van der Waals surface area contributed by atoms with Gasteiger partial charge in [-0.2, -0.15) is 5.10 Å². The molecule has 0 N–H and O–H groups in total. The topological polar surface area (TPSA) is 46.8 Å². The lowest BCUT2D eigenvalue weighted by molar-refractivity contribution is 0.625. The SMILES string of the molecule is Cc1nc(N2CCc3sccc3C2C)c2cnn(C)c2n1. The van der Waals surface area contributed by atoms with E-state index in [9.17, 15) is 0 Å². The van der Waals surface area contributed by atoms with Crippen molar-refractivity contribution in [2.75, 3.05) is 11.4 Å². The van der Waals surface area contributed by atoms with Crippen LogP contribution >= 0.6 is 11.3 Å². The maximum Gasteiger partial charge on any atom is 0.163 e. The van der Waals surface area contributed by atoms with Crippen LogP contribution in [-0.4, -0.2) is 26.3 Å². The summed E-state index contributed by atoms with van der Waals surface area (Å²) in [5, 5.41) is 7.57. The molecule has 0 fully saturated rings. The molecule has 0 saturated heterocycles. The summed E-state index contributed by atoms with van der Waals surface area (Å²) in [6.07, 6.45) is 2.96. The highest BCUT2D eigenvalue weighted by Gasteiger charge is 2.27. The van der Waals surface area contributed by atoms with Gasteiger partial charge in [-0.05, 0) is 37.3 Å². The molecule has 0 bridgehead atoms. The molecule has 5 nitrogen and oxygen atoms in total. The number of nitrogens with zero attached hydrogens (tertiary/aromatic N) is 5. The lowest BCUT2D eigenvalue weighted by atomic mass is 10.0. The number of rotatable bonds is 1. The standard InChI is InChI=1S/C15H17N5S/c1-9-11-5-7-21-13(11)4-6-20(9)15-12-8-16-19(3)14(12)17-10(2)18-15/h5,7-9H,4,6H2,1-3H3. The minimum Gasteiger partial charge on any atom is -0.349 e. The first-order valence-electron chi connectivity index (χ1n) is 7.14. The molecule has 0 radical (unpaired) electrons. The van der Waals surface area contributed by atoms with E-state index in [0.29, 0.717) is 6.04 Å². The minimum atomic E-state index is 0.345. The van der Waals surface area contributed by atoms with E-state index < -0.39 is 0 Å². The quantitative estimate of drug-likeness (QED) is 0.693. The van der Waals surface area contributed by atoms with E-state index in [2.05, 4.69) is 33.4 Å². The van der Waals surface area contributed by atoms with Crippen LogP contribution in [0.15, 0.2) is 17.6 Å². The second-order valence-corrected chi connectivity index (χ2v) is 6.52. The normalized spacial score (nSPS) is 18.2. The molecule has 0 aromatic carbocycles. The van der Waals surface area contributed by atoms with E-state index in [0.717, 1.165) is 35.6 Å². The van der Waals surface area contributed by atoms with Crippen LogP contribution in [0.1, 0.15) is 29.2 Å². The number of fused-ring (bicyclic) bond motifs is 2. The molecule has 3 aromatic heterocycles. The van der Waals surface area contributed by atoms with Gasteiger partial charge in [-0.3, -0.25) is 4.68 Å². The van der Waals surface area contributed by atoms with Crippen LogP contribution in [0.4, 0.5) is 5.82 Å². The molecule has 1 aliphatic heterocycles. The summed E-state index contributed by atoms with van der Waals surface area (Å²) in [5.41, 5.74) is 2.33. The summed E-state index contributed by atoms with van der Waals surface area (Å²) in [6, 6.07) is 2.59. The van der Waals surface area contributed by atoms with Gasteiger partial charge in [-0.25, -0.2) is 9.97 Å². The zero-order valence-corrected chi connectivity index (χ0v) is 13.2. The molecule has 4 heterocycles. The number of hydrogen-bond acceptors (Lipinski definition) is 5. The predicted molar refractivity (Wildman–Crippen MR) is 84.8 cm³/mol. The van der Waals surface area contributed by atoms with Crippen LogP contribution in [0.5, 0.6) is 0 Å². The van der Waals surface area contributed by atoms with Crippen molar-refractivity contribution in [2.45, 2.75) is 26.3 Å². The number of aromatic nitrogens is 4. The van der Waals surface area contributed by atoms with E-state index in [4.69, 9.17) is 4.98 Å². The fourth-order valence-electron chi connectivity index (χ4n) is 3.13. The number of thiophene rings is 1. The first-order chi connectivity index (χ1) is 10.1. The van der Waals surface area contributed by atoms with Crippen molar-refractivity contribution in [2.24, 2.45) is 7.05 Å². The summed E-state index contributed by atoms with van der Waals surface area (Å²) in [4.78, 5) is 13.1. The molecular formula is C15H17N5S. The Kier molecular flexibility index (Phi) is 2.75. The van der Waals surface area contributed by atoms with E-state index in [1.54, 1.807) is 0 Å². The van der Waals surface area contributed by atoms with Gasteiger partial charge in [0.25, 0.3) is 0 Å². The zero-order chi connectivity index (χ0) is 14.6. The highest BCUT2D eigenvalue weighted by Crippen LogP contribution is 2.37. The Hall–Kier alpha value is -1.95. The van der Waals surface area contributed by atoms with Crippen molar-refractivity contribution in [1.29, 1.82) is 0 Å². The third kappa shape index (κ3) is 1.86. The average Bonchev–Trinajstić information content (AvgIpc) is 3.07. The molecule has 0 saturated carbocycles. The fraction of sp³-hybridized carbons (Fsp3) is 0.400. The van der Waals surface area contributed by atoms with Crippen LogP contribution in [0.25, 0.3) is 11.0 Å². The summed E-state index contributed by atoms with van der Waals surface area (Å²) >= 11 is 1.86. The number of anilines is 1. The molecule has 0 spiro atoms. The van der Waals surface area contributed by atoms with Crippen LogP contribution in [0.3, 0.4) is 0 Å². The smallest absolute Gasteiger partial charge is 0.163 e. The fourth-order valence-corrected chi connectivity index (χ4v) is 4.09. The van der Waals surface area contributed by atoms with Crippen molar-refractivity contribution in [3.8, 4) is 0 Å². The van der Waals surface area contributed by atoms with E-state index >= 15 is 0 Å². The monoisotopic (exact) mass is 299 g/mol. The van der Waals surface area contributed by atoms with Crippen LogP contribution < -0.4 is 4.90 Å². The Labute approximate surface area is 127 Å². The molecule has 108 valence electrons. The van der Waals surface area contributed by atoms with Crippen molar-refractivity contribution in [3.05, 3.63) is 33.9 Å². The van der Waals surface area contributed by atoms with Crippen molar-refractivity contribution >= 4 is 28.2 Å². The van der Waals surface area contributed by atoms with Gasteiger partial charge in [0, 0.05) is 18.5 Å². The Balaban J connectivity index is 1.88. The number of aryl methyl sites for hydroxylation is 2. The summed E-state index contributed by atoms with van der Waals surface area (Å²) in [5.74, 6) is 1.80. The summed E-state index contributed by atoms with van der Waals surface area (Å²) < 4.78 is 1.82. The first kappa shape index (κ1) is 12.8. The molecule has 0 amide bonds. The molecule has 1 aliphatic rings. The highest BCUT2D eigenvalue weighted by atomic mass is 32.1. The first-order valence-corrected chi connectivity index (χ1v) is 8.02. The Bertz CT molecular complexity index is 819. The maximum atomic E-state index is 4.71. The molecule has 1 atom stereocenters. The van der Waals surface area contributed by atoms with Gasteiger partial charge in [0.15, 0.2) is 5.65 Å². The van der Waals surface area contributed by atoms with Gasteiger partial charge < -0.3 is 4.90 Å². The summed E-state index contributed by atoms with van der Waals surface area (Å²) in [7, 11) is 1.93.